The van der Waals surface area contributed by atoms with Crippen molar-refractivity contribution in [3.8, 4) is 0 Å². The lowest BCUT2D eigenvalue weighted by molar-refractivity contribution is -0.144. The average Bonchev–Trinajstić information content (AvgIpc) is 2.48. The summed E-state index contributed by atoms with van der Waals surface area (Å²) in [6.07, 6.45) is -0.126. The van der Waals surface area contributed by atoms with Crippen LogP contribution in [-0.2, 0) is 14.3 Å². The minimum absolute atomic E-state index is 0.124. The van der Waals surface area contributed by atoms with E-state index in [4.69, 9.17) is 4.74 Å². The van der Waals surface area contributed by atoms with E-state index in [-0.39, 0.29) is 29.5 Å². The summed E-state index contributed by atoms with van der Waals surface area (Å²) in [6, 6.07) is 8.24. The van der Waals surface area contributed by atoms with Crippen molar-refractivity contribution < 1.29 is 14.3 Å². The average molecular weight is 353 g/mol. The van der Waals surface area contributed by atoms with E-state index in [2.05, 4.69) is 31.0 Å². The van der Waals surface area contributed by atoms with Gasteiger partial charge in [-0.3, -0.25) is 9.59 Å². The monoisotopic (exact) mass is 352 g/mol. The number of nitrogens with zero attached hydrogens (tertiary/aromatic N) is 1. The number of hydrogen-bond donors (Lipinski definition) is 1. The molecule has 1 rings (SSSR count). The van der Waals surface area contributed by atoms with Crippen molar-refractivity contribution in [3.05, 3.63) is 24.3 Å². The van der Waals surface area contributed by atoms with Crippen LogP contribution in [-0.4, -0.2) is 42.1 Å². The lowest BCUT2D eigenvalue weighted by Gasteiger charge is -2.27. The normalized spacial score (nSPS) is 10.8. The van der Waals surface area contributed by atoms with E-state index in [0.29, 0.717) is 6.04 Å². The summed E-state index contributed by atoms with van der Waals surface area (Å²) in [5, 5.41) is 2.84. The minimum atomic E-state index is -0.291. The van der Waals surface area contributed by atoms with E-state index >= 15 is 0 Å². The summed E-state index contributed by atoms with van der Waals surface area (Å²) in [5.74, 6) is -0.00586. The van der Waals surface area contributed by atoms with Crippen LogP contribution in [0.4, 0.5) is 11.4 Å². The van der Waals surface area contributed by atoms with Gasteiger partial charge >= 0.3 is 5.97 Å². The maximum absolute atomic E-state index is 11.9. The van der Waals surface area contributed by atoms with E-state index in [9.17, 15) is 9.59 Å². The Morgan fingerprint density at radius 3 is 2.25 bits per heavy atom. The molecule has 0 heterocycles. The molecule has 0 fully saturated rings. The number of rotatable bonds is 9. The van der Waals surface area contributed by atoms with Gasteiger partial charge in [0, 0.05) is 24.0 Å². The van der Waals surface area contributed by atoms with Gasteiger partial charge in [-0.05, 0) is 58.9 Å². The fourth-order valence-corrected chi connectivity index (χ4v) is 2.90. The zero-order valence-electron chi connectivity index (χ0n) is 15.2. The predicted molar refractivity (Wildman–Crippen MR) is 102 cm³/mol. The van der Waals surface area contributed by atoms with Gasteiger partial charge in [-0.15, -0.1) is 11.8 Å². The number of esters is 1. The van der Waals surface area contributed by atoms with Crippen LogP contribution in [0.2, 0.25) is 0 Å². The Morgan fingerprint density at radius 1 is 1.12 bits per heavy atom. The van der Waals surface area contributed by atoms with Crippen LogP contribution < -0.4 is 10.2 Å². The number of amides is 1. The lowest BCUT2D eigenvalue weighted by Crippen LogP contribution is -2.30. The molecule has 5 nitrogen and oxygen atoms in total. The molecule has 0 saturated carbocycles. The highest BCUT2D eigenvalue weighted by molar-refractivity contribution is 8.00. The molecule has 0 aliphatic rings. The molecule has 0 aliphatic heterocycles. The third-order valence-electron chi connectivity index (χ3n) is 3.27. The van der Waals surface area contributed by atoms with Gasteiger partial charge in [-0.25, -0.2) is 0 Å². The maximum Gasteiger partial charge on any atom is 0.316 e. The molecule has 0 unspecified atom stereocenters. The second kappa shape index (κ2) is 10.2. The largest absolute Gasteiger partial charge is 0.462 e. The smallest absolute Gasteiger partial charge is 0.316 e. The Kier molecular flexibility index (Phi) is 8.68. The number of carbonyl (C=O) groups excluding carboxylic acids is 2. The summed E-state index contributed by atoms with van der Waals surface area (Å²) < 4.78 is 5.02. The van der Waals surface area contributed by atoms with Gasteiger partial charge in [0.05, 0.1) is 17.6 Å². The van der Waals surface area contributed by atoms with E-state index in [1.807, 2.05) is 24.3 Å². The van der Waals surface area contributed by atoms with Crippen molar-refractivity contribution in [3.63, 3.8) is 0 Å². The van der Waals surface area contributed by atoms with Crippen LogP contribution in [0.1, 0.15) is 34.6 Å². The molecule has 0 saturated heterocycles. The van der Waals surface area contributed by atoms with Crippen molar-refractivity contribution >= 4 is 35.0 Å². The predicted octanol–water partition coefficient (Wildman–Crippen LogP) is 3.54. The molecule has 1 aromatic carbocycles. The number of carbonyl (C=O) groups is 2. The Bertz CT molecular complexity index is 530. The molecule has 1 aromatic rings. The highest BCUT2D eigenvalue weighted by Gasteiger charge is 2.10. The van der Waals surface area contributed by atoms with Gasteiger partial charge < -0.3 is 15.0 Å². The van der Waals surface area contributed by atoms with Crippen molar-refractivity contribution in [2.24, 2.45) is 0 Å². The van der Waals surface area contributed by atoms with Crippen molar-refractivity contribution in [2.45, 2.75) is 46.8 Å². The van der Waals surface area contributed by atoms with E-state index in [1.54, 1.807) is 13.8 Å². The third kappa shape index (κ3) is 7.25. The molecule has 0 radical (unpaired) electrons. The van der Waals surface area contributed by atoms with Crippen molar-refractivity contribution in [1.82, 2.24) is 0 Å². The molecule has 0 atom stereocenters. The van der Waals surface area contributed by atoms with E-state index < -0.39 is 0 Å². The third-order valence-corrected chi connectivity index (χ3v) is 4.17. The van der Waals surface area contributed by atoms with Crippen LogP contribution in [0.15, 0.2) is 24.3 Å². The molecular formula is C18H28N2O3S. The fourth-order valence-electron chi connectivity index (χ4n) is 2.30. The van der Waals surface area contributed by atoms with E-state index in [1.165, 1.54) is 11.8 Å². The highest BCUT2D eigenvalue weighted by Crippen LogP contribution is 2.20. The van der Waals surface area contributed by atoms with E-state index in [0.717, 1.165) is 17.9 Å². The van der Waals surface area contributed by atoms with Gasteiger partial charge in [0.15, 0.2) is 0 Å². The Labute approximate surface area is 149 Å². The molecule has 1 amide bonds. The van der Waals surface area contributed by atoms with Crippen molar-refractivity contribution in [1.29, 1.82) is 0 Å². The van der Waals surface area contributed by atoms with Crippen LogP contribution in [0.25, 0.3) is 0 Å². The zero-order chi connectivity index (χ0) is 18.1. The van der Waals surface area contributed by atoms with Crippen LogP contribution in [0, 0.1) is 0 Å². The Balaban J connectivity index is 2.43. The van der Waals surface area contributed by atoms with Crippen LogP contribution in [0.5, 0.6) is 0 Å². The standard InChI is InChI=1S/C18H28N2O3S/c1-6-20(13(2)3)16-9-7-15(8-10-16)19-17(21)11-24-12-18(22)23-14(4)5/h7-10,13-14H,6,11-12H2,1-5H3,(H,19,21). The lowest BCUT2D eigenvalue weighted by atomic mass is 10.2. The first-order chi connectivity index (χ1) is 11.3. The Hall–Kier alpha value is -1.69. The summed E-state index contributed by atoms with van der Waals surface area (Å²) in [5.41, 5.74) is 1.89. The summed E-state index contributed by atoms with van der Waals surface area (Å²) in [6.45, 7) is 11.0. The summed E-state index contributed by atoms with van der Waals surface area (Å²) in [7, 11) is 0. The van der Waals surface area contributed by atoms with Gasteiger partial charge in [-0.2, -0.15) is 0 Å². The number of ether oxygens (including phenoxy) is 1. The van der Waals surface area contributed by atoms with Crippen molar-refractivity contribution in [2.75, 3.05) is 28.3 Å². The van der Waals surface area contributed by atoms with Gasteiger partial charge in [0.2, 0.25) is 5.91 Å². The molecule has 0 aliphatic carbocycles. The van der Waals surface area contributed by atoms with Gasteiger partial charge in [0.1, 0.15) is 0 Å². The quantitative estimate of drug-likeness (QED) is 0.689. The highest BCUT2D eigenvalue weighted by atomic mass is 32.2. The molecule has 24 heavy (non-hydrogen) atoms. The molecule has 0 spiro atoms. The first kappa shape index (κ1) is 20.4. The first-order valence-corrected chi connectivity index (χ1v) is 9.42. The second-order valence-corrected chi connectivity index (χ2v) is 6.99. The Morgan fingerprint density at radius 2 is 1.75 bits per heavy atom. The van der Waals surface area contributed by atoms with Crippen LogP contribution >= 0.6 is 11.8 Å². The molecular weight excluding hydrogens is 324 g/mol. The summed E-state index contributed by atoms with van der Waals surface area (Å²) >= 11 is 1.25. The topological polar surface area (TPSA) is 58.6 Å². The molecule has 0 aromatic heterocycles. The number of hydrogen-bond acceptors (Lipinski definition) is 5. The number of thioether (sulfide) groups is 1. The second-order valence-electron chi connectivity index (χ2n) is 6.01. The van der Waals surface area contributed by atoms with Gasteiger partial charge in [0.25, 0.3) is 0 Å². The minimum Gasteiger partial charge on any atom is -0.462 e. The maximum atomic E-state index is 11.9. The summed E-state index contributed by atoms with van der Waals surface area (Å²) in [4.78, 5) is 25.6. The van der Waals surface area contributed by atoms with Gasteiger partial charge in [-0.1, -0.05) is 0 Å². The SMILES string of the molecule is CCN(c1ccc(NC(=O)CSCC(=O)OC(C)C)cc1)C(C)C. The molecule has 0 bridgehead atoms. The number of nitrogens with one attached hydrogen (secondary N) is 1. The zero-order valence-corrected chi connectivity index (χ0v) is 16.0. The number of anilines is 2. The van der Waals surface area contributed by atoms with Crippen LogP contribution in [0.3, 0.4) is 0 Å². The molecule has 134 valence electrons. The fraction of sp³-hybridized carbons (Fsp3) is 0.556. The number of benzene rings is 1. The molecule has 1 N–H and O–H groups in total. The molecule has 6 heteroatoms. The first-order valence-electron chi connectivity index (χ1n) is 8.27.